The number of nitrogens with zero attached hydrogens (tertiary/aromatic N) is 6. The fourth-order valence-corrected chi connectivity index (χ4v) is 5.50. The van der Waals surface area contributed by atoms with Crippen LogP contribution in [0, 0.1) is 6.92 Å². The summed E-state index contributed by atoms with van der Waals surface area (Å²) < 4.78 is 13.7. The number of methoxy groups -OCH3 is 2. The molecule has 1 aliphatic heterocycles. The lowest BCUT2D eigenvalue weighted by atomic mass is 9.92. The lowest BCUT2D eigenvalue weighted by Crippen LogP contribution is -2.36. The molecule has 1 amide bonds. The summed E-state index contributed by atoms with van der Waals surface area (Å²) >= 11 is 12.6. The first-order chi connectivity index (χ1) is 18.6. The van der Waals surface area contributed by atoms with Crippen molar-refractivity contribution in [2.45, 2.75) is 32.7 Å². The van der Waals surface area contributed by atoms with Gasteiger partial charge in [-0.2, -0.15) is 10.1 Å². The van der Waals surface area contributed by atoms with Crippen LogP contribution in [0.5, 0.6) is 11.9 Å². The van der Waals surface area contributed by atoms with Gasteiger partial charge in [-0.1, -0.05) is 43.1 Å². The molecule has 0 N–H and O–H groups in total. The molecular weight excluding hydrogens is 543 g/mol. The van der Waals surface area contributed by atoms with Gasteiger partial charge in [0.2, 0.25) is 5.88 Å². The van der Waals surface area contributed by atoms with Crippen LogP contribution in [0.4, 0.5) is 5.69 Å². The van der Waals surface area contributed by atoms with Crippen LogP contribution in [-0.4, -0.2) is 44.4 Å². The van der Waals surface area contributed by atoms with Crippen LogP contribution in [0.1, 0.15) is 58.7 Å². The van der Waals surface area contributed by atoms with E-state index in [2.05, 4.69) is 9.97 Å². The number of hydrogen-bond donors (Lipinski definition) is 0. The fraction of sp³-hybridized carbons (Fsp3) is 0.296. The summed E-state index contributed by atoms with van der Waals surface area (Å²) in [5.41, 5.74) is 3.50. The van der Waals surface area contributed by atoms with Gasteiger partial charge >= 0.3 is 6.01 Å². The van der Waals surface area contributed by atoms with Crippen molar-refractivity contribution in [1.29, 1.82) is 0 Å². The third kappa shape index (κ3) is 4.33. The van der Waals surface area contributed by atoms with Gasteiger partial charge in [0.1, 0.15) is 11.4 Å². The second-order valence-electron chi connectivity index (χ2n) is 9.50. The lowest BCUT2D eigenvalue weighted by Gasteiger charge is -2.28. The summed E-state index contributed by atoms with van der Waals surface area (Å²) in [6, 6.07) is 6.43. The molecule has 1 aliphatic rings. The normalized spacial score (nSPS) is 14.7. The Labute approximate surface area is 234 Å². The molecule has 10 nitrogen and oxygen atoms in total. The van der Waals surface area contributed by atoms with E-state index in [9.17, 15) is 9.59 Å². The number of aromatic nitrogens is 5. The van der Waals surface area contributed by atoms with Crippen LogP contribution in [0.2, 0.25) is 10.0 Å². The number of pyridine rings is 1. The Balaban J connectivity index is 1.83. The molecule has 0 aliphatic carbocycles. The van der Waals surface area contributed by atoms with Crippen LogP contribution in [-0.2, 0) is 7.05 Å². The van der Waals surface area contributed by atoms with Crippen molar-refractivity contribution < 1.29 is 14.3 Å². The number of benzene rings is 1. The Kier molecular flexibility index (Phi) is 6.86. The van der Waals surface area contributed by atoms with E-state index in [-0.39, 0.29) is 34.7 Å². The number of halogens is 2. The summed E-state index contributed by atoms with van der Waals surface area (Å²) in [4.78, 5) is 37.5. The quantitative estimate of drug-likeness (QED) is 0.327. The highest BCUT2D eigenvalue weighted by molar-refractivity contribution is 6.31. The van der Waals surface area contributed by atoms with Gasteiger partial charge in [0.25, 0.3) is 11.5 Å². The van der Waals surface area contributed by atoms with Crippen LogP contribution in [0.25, 0.3) is 5.69 Å². The zero-order chi connectivity index (χ0) is 28.2. The zero-order valence-corrected chi connectivity index (χ0v) is 23.7. The largest absolute Gasteiger partial charge is 0.479 e. The van der Waals surface area contributed by atoms with Crippen molar-refractivity contribution >= 4 is 34.8 Å². The maximum absolute atomic E-state index is 14.2. The molecule has 0 saturated carbocycles. The molecular formula is C27H26Cl2N6O4. The predicted molar refractivity (Wildman–Crippen MR) is 148 cm³/mol. The number of ether oxygens (including phenoxy) is 2. The molecule has 202 valence electrons. The second kappa shape index (κ2) is 10.0. The molecule has 0 saturated heterocycles. The van der Waals surface area contributed by atoms with E-state index in [4.69, 9.17) is 37.8 Å². The van der Waals surface area contributed by atoms with Crippen molar-refractivity contribution in [2.75, 3.05) is 19.1 Å². The number of anilines is 1. The Morgan fingerprint density at radius 3 is 2.41 bits per heavy atom. The predicted octanol–water partition coefficient (Wildman–Crippen LogP) is 4.87. The van der Waals surface area contributed by atoms with Gasteiger partial charge in [-0.15, -0.1) is 0 Å². The first kappa shape index (κ1) is 26.7. The van der Waals surface area contributed by atoms with Gasteiger partial charge in [0.15, 0.2) is 5.69 Å². The third-order valence-electron chi connectivity index (χ3n) is 6.69. The van der Waals surface area contributed by atoms with Crippen LogP contribution in [0.3, 0.4) is 0 Å². The summed E-state index contributed by atoms with van der Waals surface area (Å²) in [6.07, 6.45) is 3.04. The molecule has 39 heavy (non-hydrogen) atoms. The van der Waals surface area contributed by atoms with E-state index < -0.39 is 11.9 Å². The minimum atomic E-state index is -0.674. The number of amides is 1. The van der Waals surface area contributed by atoms with Gasteiger partial charge in [0.05, 0.1) is 37.2 Å². The first-order valence-electron chi connectivity index (χ1n) is 12.1. The molecule has 5 rings (SSSR count). The Bertz CT molecular complexity index is 1680. The number of rotatable bonds is 6. The average Bonchev–Trinajstić information content (AvgIpc) is 3.41. The minimum Gasteiger partial charge on any atom is -0.479 e. The summed E-state index contributed by atoms with van der Waals surface area (Å²) in [7, 11) is 4.54. The molecule has 0 fully saturated rings. The van der Waals surface area contributed by atoms with Gasteiger partial charge in [-0.3, -0.25) is 14.5 Å². The molecule has 4 heterocycles. The van der Waals surface area contributed by atoms with E-state index in [0.717, 1.165) is 16.8 Å². The maximum Gasteiger partial charge on any atom is 0.319 e. The van der Waals surface area contributed by atoms with E-state index in [0.29, 0.717) is 21.3 Å². The standard InChI is InChI=1S/C27H26Cl2N6O4/c1-13(2)22-20-21(32-35(22)19-11-30-27(39-6)31-24(19)38-5)26(37)34(18-10-16(29)12-33(4)25(18)36)23(20)17-8-7-15(28)9-14(17)3/h7-13,23H,1-6H3. The third-order valence-corrected chi connectivity index (χ3v) is 7.14. The zero-order valence-electron chi connectivity index (χ0n) is 22.2. The topological polar surface area (TPSA) is 104 Å². The monoisotopic (exact) mass is 568 g/mol. The molecule has 1 unspecified atom stereocenters. The van der Waals surface area contributed by atoms with Gasteiger partial charge in [-0.25, -0.2) is 9.67 Å². The SMILES string of the molecule is COc1ncc(-n2nc3c(c2C(C)C)C(c2ccc(Cl)cc2C)N(c2cc(Cl)cn(C)c2=O)C3=O)c(OC)n1. The fourth-order valence-electron chi connectivity index (χ4n) is 5.02. The number of fused-ring (bicyclic) bond motifs is 1. The first-order valence-corrected chi connectivity index (χ1v) is 12.9. The van der Waals surface area contributed by atoms with Crippen molar-refractivity contribution in [2.24, 2.45) is 7.05 Å². The van der Waals surface area contributed by atoms with Gasteiger partial charge in [0, 0.05) is 23.8 Å². The highest BCUT2D eigenvalue weighted by atomic mass is 35.5. The van der Waals surface area contributed by atoms with Gasteiger partial charge < -0.3 is 14.0 Å². The molecule has 0 radical (unpaired) electrons. The number of carbonyl (C=O) groups excluding carboxylic acids is 1. The summed E-state index contributed by atoms with van der Waals surface area (Å²) in [6.45, 7) is 5.92. The number of hydrogen-bond acceptors (Lipinski definition) is 7. The van der Waals surface area contributed by atoms with Crippen LogP contribution in [0.15, 0.2) is 41.5 Å². The Morgan fingerprint density at radius 2 is 1.77 bits per heavy atom. The second-order valence-corrected chi connectivity index (χ2v) is 10.4. The number of aryl methyl sites for hydroxylation is 2. The van der Waals surface area contributed by atoms with Crippen molar-refractivity contribution in [1.82, 2.24) is 24.3 Å². The molecule has 0 bridgehead atoms. The number of carbonyl (C=O) groups is 1. The van der Waals surface area contributed by atoms with Crippen LogP contribution < -0.4 is 19.9 Å². The molecule has 0 spiro atoms. The van der Waals surface area contributed by atoms with Crippen molar-refractivity contribution in [3.63, 3.8) is 0 Å². The van der Waals surface area contributed by atoms with E-state index in [1.165, 1.54) is 42.1 Å². The van der Waals surface area contributed by atoms with E-state index in [1.807, 2.05) is 32.9 Å². The van der Waals surface area contributed by atoms with Crippen molar-refractivity contribution in [3.05, 3.63) is 85.1 Å². The van der Waals surface area contributed by atoms with E-state index in [1.54, 1.807) is 17.8 Å². The Morgan fingerprint density at radius 1 is 1.03 bits per heavy atom. The minimum absolute atomic E-state index is 0.0990. The average molecular weight is 569 g/mol. The molecule has 4 aromatic rings. The molecule has 3 aromatic heterocycles. The smallest absolute Gasteiger partial charge is 0.319 e. The summed E-state index contributed by atoms with van der Waals surface area (Å²) in [5, 5.41) is 5.64. The molecule has 1 atom stereocenters. The Hall–Kier alpha value is -3.89. The summed E-state index contributed by atoms with van der Waals surface area (Å²) in [5.74, 6) is -0.298. The highest BCUT2D eigenvalue weighted by Crippen LogP contribution is 2.46. The van der Waals surface area contributed by atoms with Crippen LogP contribution >= 0.6 is 23.2 Å². The molecule has 1 aromatic carbocycles. The van der Waals surface area contributed by atoms with Gasteiger partial charge in [-0.05, 0) is 42.2 Å². The van der Waals surface area contributed by atoms with Crippen molar-refractivity contribution in [3.8, 4) is 17.6 Å². The maximum atomic E-state index is 14.2. The molecule has 12 heteroatoms. The highest BCUT2D eigenvalue weighted by Gasteiger charge is 2.46. The van der Waals surface area contributed by atoms with E-state index >= 15 is 0 Å². The lowest BCUT2D eigenvalue weighted by molar-refractivity contribution is 0.0988.